The van der Waals surface area contributed by atoms with Crippen LogP contribution in [0.25, 0.3) is 16.5 Å². The molecule has 3 aromatic rings. The largest absolute Gasteiger partial charge is 0.278 e. The van der Waals surface area contributed by atoms with Crippen molar-refractivity contribution in [2.45, 2.75) is 0 Å². The molecular formula is C12H7IN4O2. The second-order valence-electron chi connectivity index (χ2n) is 3.89. The fourth-order valence-electron chi connectivity index (χ4n) is 1.95. The van der Waals surface area contributed by atoms with Crippen molar-refractivity contribution in [3.63, 3.8) is 0 Å². The number of non-ortho nitro benzene ring substituents is 1. The van der Waals surface area contributed by atoms with Crippen molar-refractivity contribution >= 4 is 39.1 Å². The highest BCUT2D eigenvalue weighted by molar-refractivity contribution is 14.1. The van der Waals surface area contributed by atoms with Crippen LogP contribution in [-0.2, 0) is 0 Å². The van der Waals surface area contributed by atoms with Gasteiger partial charge in [0.2, 0.25) is 0 Å². The Hall–Kier alpha value is -2.03. The number of pyridine rings is 1. The zero-order valence-electron chi connectivity index (χ0n) is 9.52. The molecule has 0 saturated carbocycles. The minimum atomic E-state index is -0.402. The quantitative estimate of drug-likeness (QED) is 0.397. The van der Waals surface area contributed by atoms with Gasteiger partial charge in [0.05, 0.1) is 25.8 Å². The van der Waals surface area contributed by atoms with E-state index in [0.29, 0.717) is 5.39 Å². The lowest BCUT2D eigenvalue weighted by molar-refractivity contribution is -0.383. The van der Waals surface area contributed by atoms with E-state index in [1.165, 1.54) is 12.3 Å². The third-order valence-electron chi connectivity index (χ3n) is 2.77. The van der Waals surface area contributed by atoms with Gasteiger partial charge in [-0.05, 0) is 34.7 Å². The number of nitro groups is 1. The fraction of sp³-hybridized carbons (Fsp3) is 0. The lowest BCUT2D eigenvalue weighted by Crippen LogP contribution is -1.98. The van der Waals surface area contributed by atoms with Gasteiger partial charge in [0.25, 0.3) is 5.69 Å². The van der Waals surface area contributed by atoms with E-state index in [2.05, 4.69) is 32.7 Å². The molecule has 0 bridgehead atoms. The smallest absolute Gasteiger partial charge is 0.264 e. The van der Waals surface area contributed by atoms with Crippen LogP contribution in [0, 0.1) is 13.7 Å². The van der Waals surface area contributed by atoms with Crippen molar-refractivity contribution in [2.24, 2.45) is 0 Å². The summed E-state index contributed by atoms with van der Waals surface area (Å²) in [5.41, 5.74) is 0.847. The molecule has 1 aromatic carbocycles. The summed E-state index contributed by atoms with van der Waals surface area (Å²) in [6.07, 6.45) is 6.71. The molecule has 0 unspecified atom stereocenters. The van der Waals surface area contributed by atoms with Gasteiger partial charge >= 0.3 is 0 Å². The Morgan fingerprint density at radius 2 is 2.05 bits per heavy atom. The fourth-order valence-corrected chi connectivity index (χ4v) is 2.34. The summed E-state index contributed by atoms with van der Waals surface area (Å²) in [4.78, 5) is 14.6. The molecule has 2 aromatic heterocycles. The SMILES string of the molecule is O=[N+]([O-])c1ccc(-n2cc(I)cn2)c2ccncc12. The first-order valence-corrected chi connectivity index (χ1v) is 6.46. The predicted octanol–water partition coefficient (Wildman–Crippen LogP) is 2.93. The van der Waals surface area contributed by atoms with Crippen LogP contribution < -0.4 is 0 Å². The van der Waals surface area contributed by atoms with Gasteiger partial charge in [-0.3, -0.25) is 15.1 Å². The second kappa shape index (κ2) is 4.57. The Bertz CT molecular complexity index is 784. The normalized spacial score (nSPS) is 10.8. The molecule has 94 valence electrons. The highest BCUT2D eigenvalue weighted by Crippen LogP contribution is 2.29. The first-order chi connectivity index (χ1) is 9.16. The van der Waals surface area contributed by atoms with E-state index in [1.54, 1.807) is 29.2 Å². The summed E-state index contributed by atoms with van der Waals surface area (Å²) in [5.74, 6) is 0. The average Bonchev–Trinajstić information content (AvgIpc) is 2.83. The van der Waals surface area contributed by atoms with Crippen LogP contribution in [0.3, 0.4) is 0 Å². The highest BCUT2D eigenvalue weighted by atomic mass is 127. The number of rotatable bonds is 2. The number of benzene rings is 1. The van der Waals surface area contributed by atoms with E-state index in [4.69, 9.17) is 0 Å². The number of aromatic nitrogens is 3. The molecule has 6 nitrogen and oxygen atoms in total. The van der Waals surface area contributed by atoms with E-state index >= 15 is 0 Å². The molecule has 0 amide bonds. The van der Waals surface area contributed by atoms with Crippen LogP contribution in [0.5, 0.6) is 0 Å². The predicted molar refractivity (Wildman–Crippen MR) is 78.2 cm³/mol. The summed E-state index contributed by atoms with van der Waals surface area (Å²) < 4.78 is 2.70. The highest BCUT2D eigenvalue weighted by Gasteiger charge is 2.15. The molecule has 0 N–H and O–H groups in total. The zero-order chi connectivity index (χ0) is 13.4. The number of hydrogen-bond donors (Lipinski definition) is 0. The minimum Gasteiger partial charge on any atom is -0.264 e. The Labute approximate surface area is 121 Å². The Morgan fingerprint density at radius 3 is 2.74 bits per heavy atom. The molecule has 19 heavy (non-hydrogen) atoms. The van der Waals surface area contributed by atoms with E-state index in [0.717, 1.165) is 14.6 Å². The van der Waals surface area contributed by atoms with Crippen molar-refractivity contribution in [1.82, 2.24) is 14.8 Å². The van der Waals surface area contributed by atoms with E-state index < -0.39 is 4.92 Å². The maximum absolute atomic E-state index is 11.0. The molecule has 7 heteroatoms. The van der Waals surface area contributed by atoms with E-state index in [-0.39, 0.29) is 5.69 Å². The number of halogens is 1. The monoisotopic (exact) mass is 366 g/mol. The second-order valence-corrected chi connectivity index (χ2v) is 5.13. The van der Waals surface area contributed by atoms with Gasteiger partial charge in [0.1, 0.15) is 0 Å². The standard InChI is InChI=1S/C12H7IN4O2/c13-8-5-15-16(7-8)11-1-2-12(17(18)19)10-6-14-4-3-9(10)11/h1-7H. The van der Waals surface area contributed by atoms with Crippen LogP contribution in [0.4, 0.5) is 5.69 Å². The number of nitro benzene ring substituents is 1. The van der Waals surface area contributed by atoms with Crippen LogP contribution >= 0.6 is 22.6 Å². The summed E-state index contributed by atoms with van der Waals surface area (Å²) in [7, 11) is 0. The van der Waals surface area contributed by atoms with Crippen molar-refractivity contribution in [1.29, 1.82) is 0 Å². The number of fused-ring (bicyclic) bond motifs is 1. The summed E-state index contributed by atoms with van der Waals surface area (Å²) >= 11 is 2.16. The molecule has 2 heterocycles. The minimum absolute atomic E-state index is 0.0497. The Morgan fingerprint density at radius 1 is 1.21 bits per heavy atom. The van der Waals surface area contributed by atoms with Gasteiger partial charge in [0, 0.05) is 30.0 Å². The number of nitrogens with zero attached hydrogens (tertiary/aromatic N) is 4. The molecule has 0 spiro atoms. The van der Waals surface area contributed by atoms with Crippen molar-refractivity contribution < 1.29 is 4.92 Å². The maximum Gasteiger partial charge on any atom is 0.278 e. The van der Waals surface area contributed by atoms with Gasteiger partial charge < -0.3 is 0 Å². The first kappa shape index (κ1) is 12.0. The molecule has 0 aliphatic rings. The van der Waals surface area contributed by atoms with Gasteiger partial charge in [0.15, 0.2) is 0 Å². The van der Waals surface area contributed by atoms with Crippen molar-refractivity contribution in [2.75, 3.05) is 0 Å². The maximum atomic E-state index is 11.0. The molecule has 0 saturated heterocycles. The van der Waals surface area contributed by atoms with Crippen LogP contribution in [0.1, 0.15) is 0 Å². The van der Waals surface area contributed by atoms with E-state index in [9.17, 15) is 10.1 Å². The van der Waals surface area contributed by atoms with Crippen LogP contribution in [0.2, 0.25) is 0 Å². The lowest BCUT2D eigenvalue weighted by atomic mass is 10.1. The average molecular weight is 366 g/mol. The Kier molecular flexibility index (Phi) is 2.90. The molecule has 0 aliphatic carbocycles. The Balaban J connectivity index is 2.34. The van der Waals surface area contributed by atoms with Gasteiger partial charge in [-0.1, -0.05) is 0 Å². The first-order valence-electron chi connectivity index (χ1n) is 5.38. The lowest BCUT2D eigenvalue weighted by Gasteiger charge is -2.06. The molecule has 0 radical (unpaired) electrons. The molecular weight excluding hydrogens is 359 g/mol. The summed E-state index contributed by atoms with van der Waals surface area (Å²) in [6, 6.07) is 4.93. The molecule has 0 fully saturated rings. The van der Waals surface area contributed by atoms with Crippen LogP contribution in [0.15, 0.2) is 43.0 Å². The summed E-state index contributed by atoms with van der Waals surface area (Å²) in [5, 5.41) is 16.5. The molecule has 0 aliphatic heterocycles. The third-order valence-corrected chi connectivity index (χ3v) is 3.32. The molecule has 3 rings (SSSR count). The van der Waals surface area contributed by atoms with Crippen LogP contribution in [-0.4, -0.2) is 19.7 Å². The van der Waals surface area contributed by atoms with Gasteiger partial charge in [-0.2, -0.15) is 5.10 Å². The third kappa shape index (κ3) is 2.05. The molecule has 0 atom stereocenters. The zero-order valence-corrected chi connectivity index (χ0v) is 11.7. The van der Waals surface area contributed by atoms with Crippen molar-refractivity contribution in [3.05, 3.63) is 56.7 Å². The van der Waals surface area contributed by atoms with E-state index in [1.807, 2.05) is 6.20 Å². The van der Waals surface area contributed by atoms with Gasteiger partial charge in [-0.25, -0.2) is 4.68 Å². The van der Waals surface area contributed by atoms with Crippen molar-refractivity contribution in [3.8, 4) is 5.69 Å². The summed E-state index contributed by atoms with van der Waals surface area (Å²) in [6.45, 7) is 0. The topological polar surface area (TPSA) is 73.8 Å². The number of hydrogen-bond acceptors (Lipinski definition) is 4. The van der Waals surface area contributed by atoms with Gasteiger partial charge in [-0.15, -0.1) is 0 Å².